The molecule has 1 aliphatic heterocycles. The maximum Gasteiger partial charge on any atom is 0.0497 e. The zero-order chi connectivity index (χ0) is 15.3. The van der Waals surface area contributed by atoms with Crippen LogP contribution in [0.25, 0.3) is 10.9 Å². The van der Waals surface area contributed by atoms with Gasteiger partial charge in [0.15, 0.2) is 0 Å². The number of aromatic amines is 1. The Hall–Kier alpha value is -1.80. The average molecular weight is 292 g/mol. The number of benzene rings is 1. The van der Waals surface area contributed by atoms with E-state index in [1.54, 1.807) is 0 Å². The van der Waals surface area contributed by atoms with Gasteiger partial charge < -0.3 is 4.98 Å². The zero-order valence-corrected chi connectivity index (χ0v) is 13.4. The summed E-state index contributed by atoms with van der Waals surface area (Å²) in [5.41, 5.74) is 4.10. The van der Waals surface area contributed by atoms with Gasteiger partial charge in [-0.2, -0.15) is 0 Å². The first kappa shape index (κ1) is 13.8. The molecule has 114 valence electrons. The van der Waals surface area contributed by atoms with E-state index in [4.69, 9.17) is 0 Å². The van der Waals surface area contributed by atoms with Gasteiger partial charge in [0.25, 0.3) is 0 Å². The van der Waals surface area contributed by atoms with Gasteiger partial charge in [-0.15, -0.1) is 0 Å². The molecule has 0 radical (unpaired) electrons. The summed E-state index contributed by atoms with van der Waals surface area (Å²) in [7, 11) is 0. The lowest BCUT2D eigenvalue weighted by molar-refractivity contribution is 0.160. The highest BCUT2D eigenvalue weighted by Crippen LogP contribution is 2.43. The monoisotopic (exact) mass is 292 g/mol. The number of fused-ring (bicyclic) bond motifs is 3. The number of nitrogens with one attached hydrogen (secondary N) is 1. The van der Waals surface area contributed by atoms with Crippen molar-refractivity contribution in [2.45, 2.75) is 44.8 Å². The highest BCUT2D eigenvalue weighted by Gasteiger charge is 2.45. The van der Waals surface area contributed by atoms with Crippen LogP contribution in [0.15, 0.2) is 54.8 Å². The molecule has 0 spiro atoms. The van der Waals surface area contributed by atoms with Crippen LogP contribution in [0.4, 0.5) is 0 Å². The molecule has 2 aromatic rings. The van der Waals surface area contributed by atoms with Crippen molar-refractivity contribution in [3.8, 4) is 0 Å². The van der Waals surface area contributed by atoms with Gasteiger partial charge in [-0.05, 0) is 38.3 Å². The van der Waals surface area contributed by atoms with E-state index in [9.17, 15) is 0 Å². The number of nitrogens with zero attached hydrogens (tertiary/aromatic N) is 1. The minimum Gasteiger partial charge on any atom is -0.361 e. The molecular weight excluding hydrogens is 268 g/mol. The Morgan fingerprint density at radius 1 is 1.32 bits per heavy atom. The molecule has 1 fully saturated rings. The fourth-order valence-electron chi connectivity index (χ4n) is 4.44. The molecule has 2 bridgehead atoms. The predicted octanol–water partition coefficient (Wildman–Crippen LogP) is 4.30. The molecule has 0 saturated carbocycles. The van der Waals surface area contributed by atoms with Crippen molar-refractivity contribution in [3.05, 3.63) is 60.3 Å². The van der Waals surface area contributed by atoms with E-state index in [0.29, 0.717) is 24.0 Å². The van der Waals surface area contributed by atoms with Gasteiger partial charge in [-0.1, -0.05) is 42.5 Å². The van der Waals surface area contributed by atoms with Crippen molar-refractivity contribution < 1.29 is 0 Å². The largest absolute Gasteiger partial charge is 0.361 e. The van der Waals surface area contributed by atoms with Crippen LogP contribution in [0.2, 0.25) is 0 Å². The molecular formula is C20H24N2. The highest BCUT2D eigenvalue weighted by molar-refractivity contribution is 5.83. The first-order chi connectivity index (χ1) is 10.7. The van der Waals surface area contributed by atoms with Crippen LogP contribution in [0, 0.1) is 5.92 Å². The molecule has 2 heterocycles. The van der Waals surface area contributed by atoms with Gasteiger partial charge in [0.05, 0.1) is 0 Å². The van der Waals surface area contributed by atoms with E-state index in [1.807, 2.05) is 0 Å². The van der Waals surface area contributed by atoms with Crippen molar-refractivity contribution in [1.82, 2.24) is 9.88 Å². The third-order valence-electron chi connectivity index (χ3n) is 5.43. The van der Waals surface area contributed by atoms with Crippen molar-refractivity contribution in [1.29, 1.82) is 0 Å². The zero-order valence-electron chi connectivity index (χ0n) is 13.4. The fraction of sp³-hybridized carbons (Fsp3) is 0.400. The van der Waals surface area contributed by atoms with Gasteiger partial charge in [0.2, 0.25) is 0 Å². The highest BCUT2D eigenvalue weighted by atomic mass is 15.2. The lowest BCUT2D eigenvalue weighted by atomic mass is 9.85. The first-order valence-electron chi connectivity index (χ1n) is 8.34. The van der Waals surface area contributed by atoms with Crippen LogP contribution in [0.1, 0.15) is 25.8 Å². The van der Waals surface area contributed by atoms with Gasteiger partial charge in [-0.25, -0.2) is 0 Å². The molecule has 1 aliphatic carbocycles. The second-order valence-electron chi connectivity index (χ2n) is 6.96. The topological polar surface area (TPSA) is 19.0 Å². The molecule has 0 amide bonds. The van der Waals surface area contributed by atoms with Crippen molar-refractivity contribution in [3.63, 3.8) is 0 Å². The second kappa shape index (κ2) is 5.13. The standard InChI is InChI=1S/C20H24N2/c1-13(2)22-19-10-6-8-16(14(19)3)20(22)11-15-12-21-18-9-5-4-7-17(15)18/h4-7,9-10,12-13,16,19-21H,3,8,11H2,1-2H3. The van der Waals surface area contributed by atoms with E-state index in [2.05, 4.69) is 72.9 Å². The Morgan fingerprint density at radius 3 is 2.95 bits per heavy atom. The summed E-state index contributed by atoms with van der Waals surface area (Å²) in [4.78, 5) is 6.09. The molecule has 1 saturated heterocycles. The Bertz CT molecular complexity index is 737. The van der Waals surface area contributed by atoms with Crippen molar-refractivity contribution in [2.24, 2.45) is 5.92 Å². The Kier molecular flexibility index (Phi) is 3.23. The van der Waals surface area contributed by atoms with Gasteiger partial charge in [0, 0.05) is 41.1 Å². The van der Waals surface area contributed by atoms with Crippen LogP contribution in [-0.2, 0) is 6.42 Å². The van der Waals surface area contributed by atoms with E-state index in [0.717, 1.165) is 12.8 Å². The normalized spacial score (nSPS) is 28.1. The molecule has 2 aliphatic rings. The Morgan fingerprint density at radius 2 is 2.14 bits per heavy atom. The molecule has 3 unspecified atom stereocenters. The minimum atomic E-state index is 0.439. The third kappa shape index (κ3) is 1.98. The van der Waals surface area contributed by atoms with Gasteiger partial charge in [0.1, 0.15) is 0 Å². The smallest absolute Gasteiger partial charge is 0.0497 e. The molecule has 4 rings (SSSR count). The SMILES string of the molecule is C=C1C2CC=CC1N(C(C)C)C2Cc1c[nH]c2ccccc12. The number of H-pyrrole nitrogens is 1. The van der Waals surface area contributed by atoms with Crippen LogP contribution >= 0.6 is 0 Å². The van der Waals surface area contributed by atoms with E-state index >= 15 is 0 Å². The van der Waals surface area contributed by atoms with E-state index in [1.165, 1.54) is 22.0 Å². The first-order valence-corrected chi connectivity index (χ1v) is 8.34. The fourth-order valence-corrected chi connectivity index (χ4v) is 4.44. The summed E-state index contributed by atoms with van der Waals surface area (Å²) < 4.78 is 0. The minimum absolute atomic E-state index is 0.439. The Labute approximate surface area is 132 Å². The number of rotatable bonds is 3. The predicted molar refractivity (Wildman–Crippen MR) is 92.9 cm³/mol. The summed E-state index contributed by atoms with van der Waals surface area (Å²) >= 11 is 0. The maximum absolute atomic E-state index is 4.41. The molecule has 1 N–H and O–H groups in total. The number of hydrogen-bond donors (Lipinski definition) is 1. The molecule has 22 heavy (non-hydrogen) atoms. The van der Waals surface area contributed by atoms with Crippen LogP contribution < -0.4 is 0 Å². The number of likely N-dealkylation sites (tertiary alicyclic amines) is 1. The number of aromatic nitrogens is 1. The maximum atomic E-state index is 4.41. The summed E-state index contributed by atoms with van der Waals surface area (Å²) in [6.45, 7) is 9.03. The number of allylic oxidation sites excluding steroid dienone is 1. The van der Waals surface area contributed by atoms with Crippen molar-refractivity contribution >= 4 is 10.9 Å². The van der Waals surface area contributed by atoms with Gasteiger partial charge in [-0.3, -0.25) is 4.90 Å². The molecule has 2 heteroatoms. The van der Waals surface area contributed by atoms with Gasteiger partial charge >= 0.3 is 0 Å². The summed E-state index contributed by atoms with van der Waals surface area (Å²) in [6.07, 6.45) is 9.15. The molecule has 3 atom stereocenters. The lowest BCUT2D eigenvalue weighted by Gasteiger charge is -2.32. The quantitative estimate of drug-likeness (QED) is 0.836. The Balaban J connectivity index is 1.71. The lowest BCUT2D eigenvalue weighted by Crippen LogP contribution is -2.42. The number of para-hydroxylation sites is 1. The van der Waals surface area contributed by atoms with Crippen LogP contribution in [0.3, 0.4) is 0 Å². The second-order valence-corrected chi connectivity index (χ2v) is 6.96. The molecule has 1 aromatic carbocycles. The summed E-state index contributed by atoms with van der Waals surface area (Å²) in [6, 6.07) is 10.2. The van der Waals surface area contributed by atoms with Crippen molar-refractivity contribution in [2.75, 3.05) is 0 Å². The van der Waals surface area contributed by atoms with Crippen LogP contribution in [0.5, 0.6) is 0 Å². The molecule has 2 nitrogen and oxygen atoms in total. The average Bonchev–Trinajstić information content (AvgIpc) is 2.94. The molecule has 1 aromatic heterocycles. The van der Waals surface area contributed by atoms with Crippen LogP contribution in [-0.4, -0.2) is 28.0 Å². The van der Waals surface area contributed by atoms with E-state index < -0.39 is 0 Å². The summed E-state index contributed by atoms with van der Waals surface area (Å²) in [5, 5.41) is 1.37. The summed E-state index contributed by atoms with van der Waals surface area (Å²) in [5.74, 6) is 0.603. The third-order valence-corrected chi connectivity index (χ3v) is 5.43. The van der Waals surface area contributed by atoms with E-state index in [-0.39, 0.29) is 0 Å². The number of hydrogen-bond acceptors (Lipinski definition) is 1.